The van der Waals surface area contributed by atoms with Crippen LogP contribution in [0.25, 0.3) is 17.1 Å². The highest BCUT2D eigenvalue weighted by atomic mass is 16.5. The van der Waals surface area contributed by atoms with E-state index in [1.807, 2.05) is 13.8 Å². The summed E-state index contributed by atoms with van der Waals surface area (Å²) in [4.78, 5) is 26.7. The zero-order valence-electron chi connectivity index (χ0n) is 17.2. The van der Waals surface area contributed by atoms with Gasteiger partial charge >= 0.3 is 5.69 Å². The van der Waals surface area contributed by atoms with E-state index in [1.54, 1.807) is 31.3 Å². The van der Waals surface area contributed by atoms with Crippen LogP contribution in [0.15, 0.2) is 41.2 Å². The average Bonchev–Trinajstić information content (AvgIpc) is 3.08. The SMILES string of the molecule is COc1cccc(-n2c(-c3cc(C(=O)N(C)CC(C)C)c(O)cc3O)n[nH]c2=O)c1. The molecule has 1 amide bonds. The lowest BCUT2D eigenvalue weighted by Gasteiger charge is -2.20. The van der Waals surface area contributed by atoms with Gasteiger partial charge in [0.2, 0.25) is 0 Å². The van der Waals surface area contributed by atoms with E-state index in [2.05, 4.69) is 10.2 Å². The summed E-state index contributed by atoms with van der Waals surface area (Å²) in [7, 11) is 3.14. The summed E-state index contributed by atoms with van der Waals surface area (Å²) < 4.78 is 6.46. The van der Waals surface area contributed by atoms with E-state index in [0.717, 1.165) is 6.07 Å². The maximum Gasteiger partial charge on any atom is 0.348 e. The van der Waals surface area contributed by atoms with E-state index in [-0.39, 0.29) is 34.4 Å². The highest BCUT2D eigenvalue weighted by Gasteiger charge is 2.23. The van der Waals surface area contributed by atoms with Crippen molar-refractivity contribution in [3.63, 3.8) is 0 Å². The first-order valence-corrected chi connectivity index (χ1v) is 9.36. The third-order valence-electron chi connectivity index (χ3n) is 4.55. The molecule has 0 atom stereocenters. The van der Waals surface area contributed by atoms with Gasteiger partial charge in [-0.15, -0.1) is 0 Å². The molecule has 9 heteroatoms. The Kier molecular flexibility index (Phi) is 5.81. The number of rotatable bonds is 6. The van der Waals surface area contributed by atoms with Gasteiger partial charge in [-0.1, -0.05) is 19.9 Å². The van der Waals surface area contributed by atoms with E-state index in [9.17, 15) is 19.8 Å². The number of H-pyrrole nitrogens is 1. The van der Waals surface area contributed by atoms with Crippen LogP contribution >= 0.6 is 0 Å². The number of amides is 1. The fraction of sp³-hybridized carbons (Fsp3) is 0.286. The molecule has 3 N–H and O–H groups in total. The van der Waals surface area contributed by atoms with E-state index in [4.69, 9.17) is 4.74 Å². The summed E-state index contributed by atoms with van der Waals surface area (Å²) in [5.41, 5.74) is 0.0461. The summed E-state index contributed by atoms with van der Waals surface area (Å²) in [6.45, 7) is 4.44. The second-order valence-electron chi connectivity index (χ2n) is 7.36. The first-order valence-electron chi connectivity index (χ1n) is 9.36. The molecule has 2 aromatic carbocycles. The monoisotopic (exact) mass is 412 g/mol. The van der Waals surface area contributed by atoms with Gasteiger partial charge in [0.25, 0.3) is 5.91 Å². The number of hydrogen-bond donors (Lipinski definition) is 3. The lowest BCUT2D eigenvalue weighted by molar-refractivity contribution is 0.0776. The molecular formula is C21H24N4O5. The number of benzene rings is 2. The van der Waals surface area contributed by atoms with Gasteiger partial charge in [0.05, 0.1) is 23.9 Å². The van der Waals surface area contributed by atoms with Crippen LogP contribution in [0.3, 0.4) is 0 Å². The van der Waals surface area contributed by atoms with Crippen molar-refractivity contribution in [1.29, 1.82) is 0 Å². The molecular weight excluding hydrogens is 388 g/mol. The van der Waals surface area contributed by atoms with Gasteiger partial charge in [-0.2, -0.15) is 5.10 Å². The molecule has 0 aliphatic carbocycles. The van der Waals surface area contributed by atoms with Crippen molar-refractivity contribution in [2.45, 2.75) is 13.8 Å². The van der Waals surface area contributed by atoms with Crippen LogP contribution in [-0.2, 0) is 0 Å². The van der Waals surface area contributed by atoms with Crippen molar-refractivity contribution in [2.75, 3.05) is 20.7 Å². The van der Waals surface area contributed by atoms with Crippen molar-refractivity contribution < 1.29 is 19.7 Å². The lowest BCUT2D eigenvalue weighted by atomic mass is 10.1. The van der Waals surface area contributed by atoms with E-state index < -0.39 is 11.6 Å². The van der Waals surface area contributed by atoms with Crippen molar-refractivity contribution >= 4 is 5.91 Å². The number of nitrogens with zero attached hydrogens (tertiary/aromatic N) is 3. The number of phenolic OH excluding ortho intramolecular Hbond substituents is 2. The van der Waals surface area contributed by atoms with Gasteiger partial charge in [-0.25, -0.2) is 14.5 Å². The number of carbonyl (C=O) groups excluding carboxylic acids is 1. The quantitative estimate of drug-likeness (QED) is 0.572. The van der Waals surface area contributed by atoms with E-state index in [1.165, 1.54) is 22.6 Å². The first kappa shape index (κ1) is 21.0. The van der Waals surface area contributed by atoms with Gasteiger partial charge < -0.3 is 19.8 Å². The fourth-order valence-electron chi connectivity index (χ4n) is 3.23. The molecule has 9 nitrogen and oxygen atoms in total. The number of carbonyl (C=O) groups is 1. The Morgan fingerprint density at radius 3 is 2.63 bits per heavy atom. The van der Waals surface area contributed by atoms with Gasteiger partial charge in [0.15, 0.2) is 5.82 Å². The second kappa shape index (κ2) is 8.32. The number of aromatic hydroxyl groups is 2. The maximum atomic E-state index is 12.8. The Balaban J connectivity index is 2.14. The number of methoxy groups -OCH3 is 1. The minimum atomic E-state index is -0.532. The zero-order chi connectivity index (χ0) is 22.0. The molecule has 0 saturated heterocycles. The second-order valence-corrected chi connectivity index (χ2v) is 7.36. The Bertz CT molecular complexity index is 1130. The van der Waals surface area contributed by atoms with Crippen LogP contribution in [0.2, 0.25) is 0 Å². The van der Waals surface area contributed by atoms with Gasteiger partial charge in [0.1, 0.15) is 17.2 Å². The molecule has 0 aliphatic rings. The zero-order valence-corrected chi connectivity index (χ0v) is 17.2. The summed E-state index contributed by atoms with van der Waals surface area (Å²) in [5, 5.41) is 27.1. The molecule has 0 fully saturated rings. The molecule has 0 spiro atoms. The van der Waals surface area contributed by atoms with Crippen LogP contribution in [0.5, 0.6) is 17.2 Å². The van der Waals surface area contributed by atoms with Crippen LogP contribution in [0, 0.1) is 5.92 Å². The molecule has 3 aromatic rings. The molecule has 30 heavy (non-hydrogen) atoms. The Morgan fingerprint density at radius 2 is 1.97 bits per heavy atom. The van der Waals surface area contributed by atoms with Crippen LogP contribution in [0.4, 0.5) is 0 Å². The van der Waals surface area contributed by atoms with Gasteiger partial charge in [-0.3, -0.25) is 4.79 Å². The molecule has 0 radical (unpaired) electrons. The summed E-state index contributed by atoms with van der Waals surface area (Å²) in [5.74, 6) is -0.226. The minimum absolute atomic E-state index is 0.00130. The van der Waals surface area contributed by atoms with Gasteiger partial charge in [-0.05, 0) is 24.1 Å². The number of ether oxygens (including phenoxy) is 1. The molecule has 0 saturated carbocycles. The van der Waals surface area contributed by atoms with E-state index >= 15 is 0 Å². The molecule has 1 aromatic heterocycles. The Hall–Kier alpha value is -3.75. The smallest absolute Gasteiger partial charge is 0.348 e. The number of aromatic nitrogens is 3. The number of aromatic amines is 1. The van der Waals surface area contributed by atoms with Crippen molar-refractivity contribution in [1.82, 2.24) is 19.7 Å². The molecule has 0 bridgehead atoms. The molecule has 0 unspecified atom stereocenters. The Labute approximate surface area is 173 Å². The van der Waals surface area contributed by atoms with Crippen molar-refractivity contribution in [3.8, 4) is 34.3 Å². The first-order chi connectivity index (χ1) is 14.2. The van der Waals surface area contributed by atoms with Crippen LogP contribution < -0.4 is 10.4 Å². The third-order valence-corrected chi connectivity index (χ3v) is 4.55. The third kappa shape index (κ3) is 4.00. The Morgan fingerprint density at radius 1 is 1.23 bits per heavy atom. The van der Waals surface area contributed by atoms with Crippen LogP contribution in [-0.4, -0.2) is 56.5 Å². The largest absolute Gasteiger partial charge is 0.507 e. The molecule has 158 valence electrons. The fourth-order valence-corrected chi connectivity index (χ4v) is 3.23. The predicted octanol–water partition coefficient (Wildman–Crippen LogP) is 2.38. The van der Waals surface area contributed by atoms with Crippen molar-refractivity contribution in [2.24, 2.45) is 5.92 Å². The van der Waals surface area contributed by atoms with E-state index in [0.29, 0.717) is 18.0 Å². The normalized spacial score (nSPS) is 11.0. The summed E-state index contributed by atoms with van der Waals surface area (Å²) in [6.07, 6.45) is 0. The molecule has 3 rings (SSSR count). The number of nitrogens with one attached hydrogen (secondary N) is 1. The number of phenols is 2. The standard InChI is InChI=1S/C21H24N4O5/c1-12(2)11-24(3)20(28)16-9-15(17(26)10-18(16)27)19-22-23-21(29)25(19)13-6-5-7-14(8-13)30-4/h5-10,12,26-27H,11H2,1-4H3,(H,23,29). The highest BCUT2D eigenvalue weighted by Crippen LogP contribution is 2.35. The highest BCUT2D eigenvalue weighted by molar-refractivity contribution is 5.98. The summed E-state index contributed by atoms with van der Waals surface area (Å²) in [6, 6.07) is 9.16. The maximum absolute atomic E-state index is 12.8. The van der Waals surface area contributed by atoms with Crippen molar-refractivity contribution in [3.05, 3.63) is 52.4 Å². The molecule has 1 heterocycles. The summed E-state index contributed by atoms with van der Waals surface area (Å²) >= 11 is 0. The minimum Gasteiger partial charge on any atom is -0.507 e. The topological polar surface area (TPSA) is 121 Å². The van der Waals surface area contributed by atoms with Crippen LogP contribution in [0.1, 0.15) is 24.2 Å². The average molecular weight is 412 g/mol. The molecule has 0 aliphatic heterocycles. The van der Waals surface area contributed by atoms with Gasteiger partial charge in [0, 0.05) is 25.7 Å². The number of hydrogen-bond acceptors (Lipinski definition) is 6. The predicted molar refractivity (Wildman–Crippen MR) is 111 cm³/mol. The lowest BCUT2D eigenvalue weighted by Crippen LogP contribution is -2.30.